The molecule has 0 atom stereocenters. The zero-order valence-corrected chi connectivity index (χ0v) is 10.2. The summed E-state index contributed by atoms with van der Waals surface area (Å²) in [6.07, 6.45) is 11.2. The van der Waals surface area contributed by atoms with E-state index in [2.05, 4.69) is 50.1 Å². The Morgan fingerprint density at radius 1 is 1.27 bits per heavy atom. The van der Waals surface area contributed by atoms with Crippen molar-refractivity contribution in [3.63, 3.8) is 0 Å². The van der Waals surface area contributed by atoms with E-state index in [9.17, 15) is 0 Å². The first-order chi connectivity index (χ1) is 7.26. The predicted molar refractivity (Wildman–Crippen MR) is 68.4 cm³/mol. The molecule has 0 bridgehead atoms. The molecule has 0 fully saturated rings. The molecule has 0 radical (unpaired) electrons. The number of rotatable bonds is 3. The average Bonchev–Trinajstić information content (AvgIpc) is 2.30. The summed E-state index contributed by atoms with van der Waals surface area (Å²) in [5, 5.41) is 0. The molecule has 1 nitrogen and oxygen atoms in total. The van der Waals surface area contributed by atoms with Crippen LogP contribution in [0.1, 0.15) is 33.6 Å². The van der Waals surface area contributed by atoms with E-state index < -0.39 is 0 Å². The third-order valence-electron chi connectivity index (χ3n) is 3.06. The number of allylic oxidation sites excluding steroid dienone is 6. The standard InChI is InChI=1S/C14H21N/c1-5-11(6-2)13-8-9-14(15-4)12(7-3)10-13/h7-11H,5-6H2,1-4H3/b12-7-,15-14?. The molecule has 1 rings (SSSR count). The van der Waals surface area contributed by atoms with Gasteiger partial charge in [-0.05, 0) is 49.0 Å². The van der Waals surface area contributed by atoms with E-state index in [4.69, 9.17) is 0 Å². The summed E-state index contributed by atoms with van der Waals surface area (Å²) >= 11 is 0. The van der Waals surface area contributed by atoms with Gasteiger partial charge >= 0.3 is 0 Å². The van der Waals surface area contributed by atoms with Gasteiger partial charge in [-0.1, -0.05) is 26.0 Å². The Morgan fingerprint density at radius 3 is 2.40 bits per heavy atom. The van der Waals surface area contributed by atoms with Gasteiger partial charge in [0.1, 0.15) is 0 Å². The molecule has 0 amide bonds. The fraction of sp³-hybridized carbons (Fsp3) is 0.500. The van der Waals surface area contributed by atoms with Crippen molar-refractivity contribution in [1.82, 2.24) is 0 Å². The summed E-state index contributed by atoms with van der Waals surface area (Å²) < 4.78 is 0. The van der Waals surface area contributed by atoms with Gasteiger partial charge < -0.3 is 0 Å². The summed E-state index contributed by atoms with van der Waals surface area (Å²) in [6.45, 7) is 6.57. The molecule has 0 aromatic heterocycles. The number of hydrogen-bond donors (Lipinski definition) is 0. The van der Waals surface area contributed by atoms with Crippen molar-refractivity contribution in [3.8, 4) is 0 Å². The Kier molecular flexibility index (Phi) is 4.54. The lowest BCUT2D eigenvalue weighted by Gasteiger charge is -2.18. The summed E-state index contributed by atoms with van der Waals surface area (Å²) in [5.74, 6) is 0.689. The van der Waals surface area contributed by atoms with Gasteiger partial charge in [-0.25, -0.2) is 0 Å². The molecule has 1 aliphatic carbocycles. The molecule has 0 spiro atoms. The molecular weight excluding hydrogens is 182 g/mol. The zero-order valence-electron chi connectivity index (χ0n) is 10.2. The quantitative estimate of drug-likeness (QED) is 0.659. The van der Waals surface area contributed by atoms with Crippen LogP contribution in [0, 0.1) is 5.92 Å². The van der Waals surface area contributed by atoms with E-state index in [1.807, 2.05) is 7.05 Å². The van der Waals surface area contributed by atoms with Gasteiger partial charge in [0.15, 0.2) is 0 Å². The van der Waals surface area contributed by atoms with Gasteiger partial charge in [0.05, 0.1) is 5.71 Å². The lowest BCUT2D eigenvalue weighted by atomic mass is 9.88. The first-order valence-corrected chi connectivity index (χ1v) is 5.79. The van der Waals surface area contributed by atoms with Crippen LogP contribution in [-0.2, 0) is 0 Å². The minimum absolute atomic E-state index is 0.689. The summed E-state index contributed by atoms with van der Waals surface area (Å²) in [7, 11) is 1.85. The third-order valence-corrected chi connectivity index (χ3v) is 3.06. The van der Waals surface area contributed by atoms with Crippen LogP contribution in [0.3, 0.4) is 0 Å². The average molecular weight is 203 g/mol. The van der Waals surface area contributed by atoms with Crippen LogP contribution in [0.25, 0.3) is 0 Å². The molecule has 1 aliphatic rings. The largest absolute Gasteiger partial charge is 0.288 e. The van der Waals surface area contributed by atoms with Crippen molar-refractivity contribution in [2.75, 3.05) is 7.05 Å². The van der Waals surface area contributed by atoms with Gasteiger partial charge in [0.2, 0.25) is 0 Å². The number of nitrogens with zero attached hydrogens (tertiary/aromatic N) is 1. The van der Waals surface area contributed by atoms with Crippen LogP contribution < -0.4 is 0 Å². The molecule has 0 unspecified atom stereocenters. The maximum absolute atomic E-state index is 4.26. The molecule has 0 saturated heterocycles. The Labute approximate surface area is 93.3 Å². The van der Waals surface area contributed by atoms with Gasteiger partial charge in [-0.15, -0.1) is 0 Å². The highest BCUT2D eigenvalue weighted by molar-refractivity contribution is 6.11. The fourth-order valence-electron chi connectivity index (χ4n) is 2.02. The van der Waals surface area contributed by atoms with Crippen LogP contribution >= 0.6 is 0 Å². The van der Waals surface area contributed by atoms with E-state index in [-0.39, 0.29) is 0 Å². The Morgan fingerprint density at radius 2 is 1.93 bits per heavy atom. The molecule has 0 heterocycles. The lowest BCUT2D eigenvalue weighted by molar-refractivity contribution is 0.583. The van der Waals surface area contributed by atoms with E-state index in [0.29, 0.717) is 5.92 Å². The summed E-state index contributed by atoms with van der Waals surface area (Å²) in [4.78, 5) is 4.26. The fourth-order valence-corrected chi connectivity index (χ4v) is 2.02. The van der Waals surface area contributed by atoms with Gasteiger partial charge in [0.25, 0.3) is 0 Å². The van der Waals surface area contributed by atoms with Crippen molar-refractivity contribution in [2.45, 2.75) is 33.6 Å². The van der Waals surface area contributed by atoms with Crippen molar-refractivity contribution in [1.29, 1.82) is 0 Å². The Balaban J connectivity index is 2.97. The second kappa shape index (κ2) is 5.69. The zero-order chi connectivity index (χ0) is 11.3. The van der Waals surface area contributed by atoms with Crippen molar-refractivity contribution < 1.29 is 0 Å². The van der Waals surface area contributed by atoms with Crippen molar-refractivity contribution in [3.05, 3.63) is 35.5 Å². The number of hydrogen-bond acceptors (Lipinski definition) is 1. The van der Waals surface area contributed by atoms with Crippen LogP contribution in [0.2, 0.25) is 0 Å². The highest BCUT2D eigenvalue weighted by Crippen LogP contribution is 2.25. The molecule has 0 saturated carbocycles. The van der Waals surface area contributed by atoms with Crippen molar-refractivity contribution in [2.24, 2.45) is 10.9 Å². The lowest BCUT2D eigenvalue weighted by Crippen LogP contribution is -2.08. The maximum atomic E-state index is 4.26. The van der Waals surface area contributed by atoms with Crippen LogP contribution in [-0.4, -0.2) is 12.8 Å². The molecule has 15 heavy (non-hydrogen) atoms. The van der Waals surface area contributed by atoms with Crippen molar-refractivity contribution >= 4 is 5.71 Å². The predicted octanol–water partition coefficient (Wildman–Crippen LogP) is 3.94. The van der Waals surface area contributed by atoms with Crippen LogP contribution in [0.15, 0.2) is 40.4 Å². The normalized spacial score (nSPS) is 21.5. The van der Waals surface area contributed by atoms with Gasteiger partial charge in [-0.2, -0.15) is 0 Å². The van der Waals surface area contributed by atoms with Gasteiger partial charge in [0, 0.05) is 7.05 Å². The first-order valence-electron chi connectivity index (χ1n) is 5.79. The molecule has 0 aliphatic heterocycles. The Bertz CT molecular complexity index is 325. The second-order valence-electron chi connectivity index (χ2n) is 3.84. The highest BCUT2D eigenvalue weighted by Gasteiger charge is 2.13. The van der Waals surface area contributed by atoms with E-state index in [0.717, 1.165) is 5.71 Å². The maximum Gasteiger partial charge on any atom is 0.0640 e. The molecule has 0 aromatic rings. The Hall–Kier alpha value is -1.11. The van der Waals surface area contributed by atoms with Crippen LogP contribution in [0.5, 0.6) is 0 Å². The molecule has 1 heteroatoms. The molecule has 0 aromatic carbocycles. The minimum atomic E-state index is 0.689. The minimum Gasteiger partial charge on any atom is -0.288 e. The van der Waals surface area contributed by atoms with E-state index in [1.54, 1.807) is 0 Å². The van der Waals surface area contributed by atoms with E-state index in [1.165, 1.54) is 24.0 Å². The molecule has 0 N–H and O–H groups in total. The first kappa shape index (κ1) is 12.0. The number of aliphatic imine (C=N–C) groups is 1. The smallest absolute Gasteiger partial charge is 0.0640 e. The second-order valence-corrected chi connectivity index (χ2v) is 3.84. The summed E-state index contributed by atoms with van der Waals surface area (Å²) in [6, 6.07) is 0. The SMILES string of the molecule is C/C=C1/C=C(C(CC)CC)C=CC1=NC. The van der Waals surface area contributed by atoms with E-state index >= 15 is 0 Å². The highest BCUT2D eigenvalue weighted by atomic mass is 14.7. The monoisotopic (exact) mass is 203 g/mol. The van der Waals surface area contributed by atoms with Crippen LogP contribution in [0.4, 0.5) is 0 Å². The van der Waals surface area contributed by atoms with Gasteiger partial charge in [-0.3, -0.25) is 4.99 Å². The third kappa shape index (κ3) is 2.68. The molecular formula is C14H21N. The topological polar surface area (TPSA) is 12.4 Å². The molecule has 82 valence electrons. The summed E-state index contributed by atoms with van der Waals surface area (Å²) in [5.41, 5.74) is 3.79.